The van der Waals surface area contributed by atoms with E-state index in [-0.39, 0.29) is 24.0 Å². The summed E-state index contributed by atoms with van der Waals surface area (Å²) in [5, 5.41) is 12.0. The predicted octanol–water partition coefficient (Wildman–Crippen LogP) is 4.11. The zero-order chi connectivity index (χ0) is 18.5. The van der Waals surface area contributed by atoms with Gasteiger partial charge in [0.1, 0.15) is 0 Å². The summed E-state index contributed by atoms with van der Waals surface area (Å²) in [6.45, 7) is 7.69. The van der Waals surface area contributed by atoms with Crippen LogP contribution in [0.4, 0.5) is 0 Å². The van der Waals surface area contributed by atoms with E-state index in [2.05, 4.69) is 70.8 Å². The van der Waals surface area contributed by atoms with Gasteiger partial charge in [0, 0.05) is 36.3 Å². The van der Waals surface area contributed by atoms with Crippen LogP contribution in [0.5, 0.6) is 0 Å². The van der Waals surface area contributed by atoms with Gasteiger partial charge in [0.15, 0.2) is 11.7 Å². The van der Waals surface area contributed by atoms with Gasteiger partial charge in [0.2, 0.25) is 0 Å². The highest BCUT2D eigenvalue weighted by atomic mass is 127. The Hall–Kier alpha value is -2.03. The first-order valence-electron chi connectivity index (χ1n) is 9.04. The van der Waals surface area contributed by atoms with Gasteiger partial charge in [-0.05, 0) is 30.9 Å². The molecule has 146 valence electrons. The van der Waals surface area contributed by atoms with Crippen molar-refractivity contribution in [1.82, 2.24) is 20.8 Å². The number of halogens is 1. The van der Waals surface area contributed by atoms with Crippen molar-refractivity contribution in [2.75, 3.05) is 13.6 Å². The molecule has 1 aromatic carbocycles. The van der Waals surface area contributed by atoms with E-state index in [1.807, 2.05) is 6.07 Å². The van der Waals surface area contributed by atoms with Crippen LogP contribution in [-0.4, -0.2) is 29.7 Å². The van der Waals surface area contributed by atoms with Crippen LogP contribution in [0.15, 0.2) is 39.8 Å². The Bertz CT molecular complexity index is 897. The van der Waals surface area contributed by atoms with Crippen molar-refractivity contribution in [3.63, 3.8) is 0 Å². The lowest BCUT2D eigenvalue weighted by molar-refractivity contribution is 0.372. The molecule has 27 heavy (non-hydrogen) atoms. The van der Waals surface area contributed by atoms with Crippen molar-refractivity contribution in [2.45, 2.75) is 39.7 Å². The monoisotopic (exact) mass is 481 g/mol. The average Bonchev–Trinajstić information content (AvgIpc) is 3.22. The van der Waals surface area contributed by atoms with Crippen molar-refractivity contribution >= 4 is 40.8 Å². The number of fused-ring (bicyclic) bond motifs is 1. The number of guanidine groups is 1. The maximum atomic E-state index is 5.35. The first kappa shape index (κ1) is 21.3. The van der Waals surface area contributed by atoms with Crippen LogP contribution in [0, 0.1) is 6.92 Å². The summed E-state index contributed by atoms with van der Waals surface area (Å²) >= 11 is 0. The van der Waals surface area contributed by atoms with Crippen LogP contribution in [0.3, 0.4) is 0 Å². The number of hydrogen-bond acceptors (Lipinski definition) is 3. The molecule has 6 nitrogen and oxygen atoms in total. The van der Waals surface area contributed by atoms with E-state index in [4.69, 9.17) is 4.52 Å². The third kappa shape index (κ3) is 5.24. The molecular formula is C20H28IN5O. The summed E-state index contributed by atoms with van der Waals surface area (Å²) in [6, 6.07) is 10.4. The van der Waals surface area contributed by atoms with Gasteiger partial charge in [-0.3, -0.25) is 4.99 Å². The van der Waals surface area contributed by atoms with Gasteiger partial charge >= 0.3 is 0 Å². The summed E-state index contributed by atoms with van der Waals surface area (Å²) < 4.78 is 5.35. The molecule has 0 radical (unpaired) electrons. The lowest BCUT2D eigenvalue weighted by atomic mass is 10.1. The molecule has 0 fully saturated rings. The number of nitrogens with one attached hydrogen (secondary N) is 3. The fraction of sp³-hybridized carbons (Fsp3) is 0.400. The highest BCUT2D eigenvalue weighted by Gasteiger charge is 2.09. The number of benzene rings is 1. The molecule has 0 aliphatic carbocycles. The SMILES string of the molecule is CN=C(NCCc1c(C)[nH]c2ccccc12)NCc1cc(C(C)C)no1.I. The van der Waals surface area contributed by atoms with Crippen molar-refractivity contribution in [3.8, 4) is 0 Å². The molecule has 0 bridgehead atoms. The molecule has 0 unspecified atom stereocenters. The molecule has 0 saturated carbocycles. The van der Waals surface area contributed by atoms with E-state index in [9.17, 15) is 0 Å². The fourth-order valence-corrected chi connectivity index (χ4v) is 3.04. The van der Waals surface area contributed by atoms with Gasteiger partial charge in [0.25, 0.3) is 0 Å². The Morgan fingerprint density at radius 2 is 2.04 bits per heavy atom. The first-order chi connectivity index (χ1) is 12.6. The molecule has 0 aliphatic heterocycles. The number of nitrogens with zero attached hydrogens (tertiary/aromatic N) is 2. The predicted molar refractivity (Wildman–Crippen MR) is 121 cm³/mol. The van der Waals surface area contributed by atoms with Gasteiger partial charge in [0.05, 0.1) is 12.2 Å². The van der Waals surface area contributed by atoms with Crippen LogP contribution < -0.4 is 10.6 Å². The third-order valence-electron chi connectivity index (χ3n) is 4.52. The van der Waals surface area contributed by atoms with Gasteiger partial charge in [-0.2, -0.15) is 0 Å². The number of aromatic amines is 1. The number of para-hydroxylation sites is 1. The second-order valence-electron chi connectivity index (χ2n) is 6.75. The second kappa shape index (κ2) is 9.77. The smallest absolute Gasteiger partial charge is 0.191 e. The highest BCUT2D eigenvalue weighted by Crippen LogP contribution is 2.21. The Morgan fingerprint density at radius 3 is 2.74 bits per heavy atom. The molecule has 0 aliphatic rings. The van der Waals surface area contributed by atoms with E-state index in [1.54, 1.807) is 7.05 Å². The molecule has 3 aromatic rings. The van der Waals surface area contributed by atoms with Gasteiger partial charge in [-0.25, -0.2) is 0 Å². The summed E-state index contributed by atoms with van der Waals surface area (Å²) in [7, 11) is 1.77. The van der Waals surface area contributed by atoms with Crippen LogP contribution in [0.1, 0.15) is 42.5 Å². The van der Waals surface area contributed by atoms with Crippen molar-refractivity contribution in [2.24, 2.45) is 4.99 Å². The molecule has 0 atom stereocenters. The fourth-order valence-electron chi connectivity index (χ4n) is 3.04. The minimum absolute atomic E-state index is 0. The van der Waals surface area contributed by atoms with Crippen LogP contribution >= 0.6 is 24.0 Å². The average molecular weight is 481 g/mol. The standard InChI is InChI=1S/C20H27N5O.HI/c1-13(2)19-11-15(26-25-19)12-23-20(21-4)22-10-9-16-14(3)24-18-8-6-5-7-17(16)18;/h5-8,11,13,24H,9-10,12H2,1-4H3,(H2,21,22,23);1H. The van der Waals surface area contributed by atoms with E-state index in [0.717, 1.165) is 30.4 Å². The Labute approximate surface area is 177 Å². The topological polar surface area (TPSA) is 78.2 Å². The second-order valence-corrected chi connectivity index (χ2v) is 6.75. The normalized spacial score (nSPS) is 11.7. The van der Waals surface area contributed by atoms with E-state index in [0.29, 0.717) is 12.5 Å². The first-order valence-corrected chi connectivity index (χ1v) is 9.04. The summed E-state index contributed by atoms with van der Waals surface area (Å²) in [5.74, 6) is 1.93. The van der Waals surface area contributed by atoms with Gasteiger partial charge < -0.3 is 20.1 Å². The van der Waals surface area contributed by atoms with Crippen LogP contribution in [0.2, 0.25) is 0 Å². The number of aryl methyl sites for hydroxylation is 1. The van der Waals surface area contributed by atoms with E-state index < -0.39 is 0 Å². The largest absolute Gasteiger partial charge is 0.359 e. The molecule has 2 aromatic heterocycles. The lowest BCUT2D eigenvalue weighted by Gasteiger charge is -2.10. The Morgan fingerprint density at radius 1 is 1.26 bits per heavy atom. The van der Waals surface area contributed by atoms with Crippen molar-refractivity contribution < 1.29 is 4.52 Å². The molecular weight excluding hydrogens is 453 g/mol. The number of rotatable bonds is 6. The maximum Gasteiger partial charge on any atom is 0.191 e. The van der Waals surface area contributed by atoms with Crippen molar-refractivity contribution in [1.29, 1.82) is 0 Å². The molecule has 7 heteroatoms. The molecule has 0 saturated heterocycles. The van der Waals surface area contributed by atoms with E-state index in [1.165, 1.54) is 22.2 Å². The molecule has 0 spiro atoms. The van der Waals surface area contributed by atoms with E-state index >= 15 is 0 Å². The number of hydrogen-bond donors (Lipinski definition) is 3. The molecule has 3 rings (SSSR count). The number of H-pyrrole nitrogens is 1. The third-order valence-corrected chi connectivity index (χ3v) is 4.52. The molecule has 0 amide bonds. The Balaban J connectivity index is 0.00000261. The maximum absolute atomic E-state index is 5.35. The lowest BCUT2D eigenvalue weighted by Crippen LogP contribution is -2.37. The van der Waals surface area contributed by atoms with Crippen LogP contribution in [-0.2, 0) is 13.0 Å². The summed E-state index contributed by atoms with van der Waals surface area (Å²) in [5.41, 5.74) is 4.73. The van der Waals surface area contributed by atoms with Gasteiger partial charge in [-0.1, -0.05) is 37.2 Å². The van der Waals surface area contributed by atoms with Gasteiger partial charge in [-0.15, -0.1) is 24.0 Å². The number of aliphatic imine (C=N–C) groups is 1. The van der Waals surface area contributed by atoms with Crippen LogP contribution in [0.25, 0.3) is 10.9 Å². The molecule has 2 heterocycles. The summed E-state index contributed by atoms with van der Waals surface area (Å²) in [4.78, 5) is 7.72. The minimum Gasteiger partial charge on any atom is -0.359 e. The quantitative estimate of drug-likeness (QED) is 0.281. The minimum atomic E-state index is 0. The number of aromatic nitrogens is 2. The Kier molecular flexibility index (Phi) is 7.70. The highest BCUT2D eigenvalue weighted by molar-refractivity contribution is 14.0. The zero-order valence-corrected chi connectivity index (χ0v) is 18.6. The molecule has 3 N–H and O–H groups in total. The summed E-state index contributed by atoms with van der Waals surface area (Å²) in [6.07, 6.45) is 0.927. The van der Waals surface area contributed by atoms with Crippen molar-refractivity contribution in [3.05, 3.63) is 53.0 Å². The zero-order valence-electron chi connectivity index (χ0n) is 16.3.